The summed E-state index contributed by atoms with van der Waals surface area (Å²) in [4.78, 5) is 5.77. The van der Waals surface area contributed by atoms with Gasteiger partial charge in [-0.25, -0.2) is 4.98 Å². The first-order valence-electron chi connectivity index (χ1n) is 20.4. The average Bonchev–Trinajstić information content (AvgIpc) is 4.08. The third-order valence-corrected chi connectivity index (χ3v) is 13.4. The van der Waals surface area contributed by atoms with Crippen LogP contribution in [0, 0.1) is 0 Å². The number of aromatic nitrogens is 4. The van der Waals surface area contributed by atoms with Gasteiger partial charge in [0.1, 0.15) is 5.65 Å². The first-order chi connectivity index (χ1) is 29.3. The Balaban J connectivity index is 1.10. The van der Waals surface area contributed by atoms with Crippen LogP contribution in [0.1, 0.15) is 0 Å². The van der Waals surface area contributed by atoms with E-state index in [-0.39, 0.29) is 0 Å². The summed E-state index contributed by atoms with van der Waals surface area (Å²) in [6.07, 6.45) is 0. The fourth-order valence-corrected chi connectivity index (χ4v) is 11.0. The molecule has 0 spiro atoms. The van der Waals surface area contributed by atoms with Crippen LogP contribution in [0.15, 0.2) is 182 Å². The van der Waals surface area contributed by atoms with Gasteiger partial charge in [0.25, 0.3) is 0 Å². The van der Waals surface area contributed by atoms with Crippen LogP contribution in [0.3, 0.4) is 0 Å². The molecule has 0 N–H and O–H groups in total. The Morgan fingerprint density at radius 1 is 0.339 bits per heavy atom. The lowest BCUT2D eigenvalue weighted by atomic mass is 9.97. The van der Waals surface area contributed by atoms with E-state index in [9.17, 15) is 0 Å². The number of rotatable bonds is 2. The van der Waals surface area contributed by atoms with Crippen molar-refractivity contribution >= 4 is 120 Å². The van der Waals surface area contributed by atoms with E-state index in [1.807, 2.05) is 0 Å². The van der Waals surface area contributed by atoms with E-state index in [4.69, 9.17) is 4.98 Å². The summed E-state index contributed by atoms with van der Waals surface area (Å²) in [6.45, 7) is 0. The van der Waals surface area contributed by atoms with Crippen LogP contribution < -0.4 is 0 Å². The highest BCUT2D eigenvalue weighted by Crippen LogP contribution is 2.48. The first-order valence-corrected chi connectivity index (χ1v) is 20.4. The van der Waals surface area contributed by atoms with E-state index in [2.05, 4.69) is 195 Å². The third-order valence-electron chi connectivity index (χ3n) is 13.4. The van der Waals surface area contributed by atoms with E-state index < -0.39 is 0 Å². The minimum atomic E-state index is 1.00. The number of benzene rings is 9. The van der Waals surface area contributed by atoms with Gasteiger partial charge in [-0.1, -0.05) is 127 Å². The molecule has 0 aliphatic rings. The molecule has 0 bridgehead atoms. The lowest BCUT2D eigenvalue weighted by Crippen LogP contribution is -1.93. The van der Waals surface area contributed by atoms with Crippen molar-refractivity contribution in [3.8, 4) is 16.8 Å². The van der Waals surface area contributed by atoms with Crippen molar-refractivity contribution in [1.29, 1.82) is 0 Å². The predicted octanol–water partition coefficient (Wildman–Crippen LogP) is 14.5. The Hall–Kier alpha value is -7.95. The van der Waals surface area contributed by atoms with Gasteiger partial charge in [0.05, 0.1) is 44.1 Å². The van der Waals surface area contributed by atoms with Crippen molar-refractivity contribution < 1.29 is 0 Å². The molecule has 0 aliphatic carbocycles. The Morgan fingerprint density at radius 2 is 1.02 bits per heavy atom. The van der Waals surface area contributed by atoms with Gasteiger partial charge in [-0.2, -0.15) is 0 Å². The third kappa shape index (κ3) is 3.65. The van der Waals surface area contributed by atoms with Gasteiger partial charge in [-0.3, -0.25) is 4.40 Å². The highest BCUT2D eigenvalue weighted by atomic mass is 15.0. The molecule has 59 heavy (non-hydrogen) atoms. The zero-order chi connectivity index (χ0) is 38.1. The topological polar surface area (TPSA) is 26.6 Å². The molecule has 0 aliphatic heterocycles. The van der Waals surface area contributed by atoms with Gasteiger partial charge in [0.15, 0.2) is 0 Å². The van der Waals surface area contributed by atoms with E-state index in [0.29, 0.717) is 0 Å². The zero-order valence-corrected chi connectivity index (χ0v) is 31.6. The monoisotopic (exact) mass is 746 g/mol. The molecule has 6 aromatic heterocycles. The van der Waals surface area contributed by atoms with E-state index in [1.165, 1.54) is 114 Å². The van der Waals surface area contributed by atoms with Crippen LogP contribution in [-0.2, 0) is 0 Å². The zero-order valence-electron chi connectivity index (χ0n) is 31.6. The highest BCUT2D eigenvalue weighted by Gasteiger charge is 2.26. The molecule has 0 fully saturated rings. The second-order valence-electron chi connectivity index (χ2n) is 16.3. The number of hydrogen-bond donors (Lipinski definition) is 0. The predicted molar refractivity (Wildman–Crippen MR) is 248 cm³/mol. The Labute approximate surface area is 335 Å². The van der Waals surface area contributed by atoms with Crippen molar-refractivity contribution in [3.63, 3.8) is 0 Å². The first kappa shape index (κ1) is 30.2. The van der Waals surface area contributed by atoms with Crippen LogP contribution >= 0.6 is 0 Å². The largest absolute Gasteiger partial charge is 0.309 e. The summed E-state index contributed by atoms with van der Waals surface area (Å²) in [6, 6.07) is 67.3. The summed E-state index contributed by atoms with van der Waals surface area (Å²) >= 11 is 0. The van der Waals surface area contributed by atoms with Gasteiger partial charge in [-0.05, 0) is 81.7 Å². The van der Waals surface area contributed by atoms with Crippen LogP contribution in [0.5, 0.6) is 0 Å². The summed E-state index contributed by atoms with van der Waals surface area (Å²) in [5, 5.41) is 16.2. The van der Waals surface area contributed by atoms with E-state index >= 15 is 0 Å². The Bertz CT molecular complexity index is 4300. The standard InChI is InChI=1S/C55H30N4/c1-2-15-35(16-3-1)57-46-23-9-8-18-38(46)42-27-34(24-25-47(42)57)37-19-10-21-40-50-36-17-7-6-14-33(36)28-44-45-30-49-51(56-55(45)59(52(37)40)54(44)50)41-22-11-20-39-43-26-31-12-4-5-13-32(31)29-48(43)58(49)53(39)41/h1-30H. The second-order valence-corrected chi connectivity index (χ2v) is 16.3. The van der Waals surface area contributed by atoms with Gasteiger partial charge in [0.2, 0.25) is 0 Å². The van der Waals surface area contributed by atoms with E-state index in [1.54, 1.807) is 0 Å². The van der Waals surface area contributed by atoms with Gasteiger partial charge < -0.3 is 8.97 Å². The highest BCUT2D eigenvalue weighted by molar-refractivity contribution is 6.33. The molecule has 4 nitrogen and oxygen atoms in total. The van der Waals surface area contributed by atoms with Gasteiger partial charge in [0, 0.05) is 59.7 Å². The minimum absolute atomic E-state index is 1.00. The maximum absolute atomic E-state index is 5.77. The fraction of sp³-hybridized carbons (Fsp3) is 0. The molecule has 270 valence electrons. The molecule has 0 saturated heterocycles. The van der Waals surface area contributed by atoms with Crippen molar-refractivity contribution in [1.82, 2.24) is 18.4 Å². The lowest BCUT2D eigenvalue weighted by Gasteiger charge is -2.09. The van der Waals surface area contributed by atoms with Crippen molar-refractivity contribution in [3.05, 3.63) is 182 Å². The van der Waals surface area contributed by atoms with Crippen LogP contribution in [0.25, 0.3) is 137 Å². The number of pyridine rings is 1. The maximum atomic E-state index is 5.77. The van der Waals surface area contributed by atoms with Crippen LogP contribution in [0.4, 0.5) is 0 Å². The van der Waals surface area contributed by atoms with Crippen LogP contribution in [-0.4, -0.2) is 18.4 Å². The quantitative estimate of drug-likeness (QED) is 0.173. The molecule has 0 atom stereocenters. The molecule has 0 radical (unpaired) electrons. The molecular weight excluding hydrogens is 717 g/mol. The molecule has 4 heteroatoms. The Kier molecular flexibility index (Phi) is 5.38. The minimum Gasteiger partial charge on any atom is -0.309 e. The average molecular weight is 747 g/mol. The normalized spacial score (nSPS) is 12.7. The summed E-state index contributed by atoms with van der Waals surface area (Å²) < 4.78 is 7.36. The number of nitrogens with zero attached hydrogens (tertiary/aromatic N) is 4. The molecule has 9 aromatic carbocycles. The van der Waals surface area contributed by atoms with Crippen molar-refractivity contribution in [2.45, 2.75) is 0 Å². The van der Waals surface area contributed by atoms with Gasteiger partial charge >= 0.3 is 0 Å². The molecule has 0 unspecified atom stereocenters. The molecule has 0 amide bonds. The van der Waals surface area contributed by atoms with Crippen LogP contribution in [0.2, 0.25) is 0 Å². The molecule has 15 aromatic rings. The van der Waals surface area contributed by atoms with E-state index in [0.717, 1.165) is 22.4 Å². The molecule has 15 rings (SSSR count). The smallest absolute Gasteiger partial charge is 0.146 e. The SMILES string of the molecule is c1ccc(-n2c3ccccc3c3cc(-c4cccc5c6c7ccccc7cc7c8cc9c(nc8n(c45)c76)c4cccc5c6cc7ccccc7cc6n9c54)ccc32)cc1. The van der Waals surface area contributed by atoms with Crippen molar-refractivity contribution in [2.75, 3.05) is 0 Å². The summed E-state index contributed by atoms with van der Waals surface area (Å²) in [5.41, 5.74) is 14.1. The number of fused-ring (bicyclic) bond motifs is 18. The summed E-state index contributed by atoms with van der Waals surface area (Å²) in [7, 11) is 0. The van der Waals surface area contributed by atoms with Gasteiger partial charge in [-0.15, -0.1) is 0 Å². The maximum Gasteiger partial charge on any atom is 0.146 e. The summed E-state index contributed by atoms with van der Waals surface area (Å²) in [5.74, 6) is 0. The molecule has 0 saturated carbocycles. The number of para-hydroxylation sites is 4. The number of hydrogen-bond acceptors (Lipinski definition) is 1. The van der Waals surface area contributed by atoms with Crippen molar-refractivity contribution in [2.24, 2.45) is 0 Å². The second kappa shape index (κ2) is 10.5. The lowest BCUT2D eigenvalue weighted by molar-refractivity contribution is 1.18. The fourth-order valence-electron chi connectivity index (χ4n) is 11.0. The molecule has 6 heterocycles. The molecular formula is C55H30N4. The Morgan fingerprint density at radius 3 is 1.92 bits per heavy atom.